The Morgan fingerprint density at radius 3 is 2.87 bits per heavy atom. The molecule has 1 aromatic heterocycles. The zero-order valence-electron chi connectivity index (χ0n) is 13.4. The van der Waals surface area contributed by atoms with Gasteiger partial charge in [-0.3, -0.25) is 4.79 Å². The highest BCUT2D eigenvalue weighted by Gasteiger charge is 2.25. The number of hydrogen-bond acceptors (Lipinski definition) is 4. The standard InChI is InChI=1S/C17H21N3OS.ClH/c1-11(2)12-5-6-15-13(8-12)4-3-7-20(15)17(21)14-10-22-16(9-18)19-14;/h5-6,8,10-11H,3-4,7,9,18H2,1-2H3;1H. The number of nitrogens with zero attached hydrogens (tertiary/aromatic N) is 2. The molecule has 0 unspecified atom stereocenters. The van der Waals surface area contributed by atoms with Crippen LogP contribution in [0, 0.1) is 0 Å². The number of nitrogens with two attached hydrogens (primary N) is 1. The average Bonchev–Trinajstić information content (AvgIpc) is 3.02. The van der Waals surface area contributed by atoms with E-state index in [4.69, 9.17) is 5.73 Å². The van der Waals surface area contributed by atoms with E-state index in [0.29, 0.717) is 18.2 Å². The SMILES string of the molecule is CC(C)c1ccc2c(c1)CCCN2C(=O)c1csc(CN)n1.Cl. The van der Waals surface area contributed by atoms with E-state index in [-0.39, 0.29) is 18.3 Å². The van der Waals surface area contributed by atoms with Crippen molar-refractivity contribution in [3.8, 4) is 0 Å². The topological polar surface area (TPSA) is 59.2 Å². The van der Waals surface area contributed by atoms with Gasteiger partial charge >= 0.3 is 0 Å². The lowest BCUT2D eigenvalue weighted by Gasteiger charge is -2.29. The van der Waals surface area contributed by atoms with E-state index in [1.54, 1.807) is 5.38 Å². The van der Waals surface area contributed by atoms with Crippen molar-refractivity contribution in [2.24, 2.45) is 5.73 Å². The van der Waals surface area contributed by atoms with Crippen molar-refractivity contribution in [3.05, 3.63) is 45.4 Å². The summed E-state index contributed by atoms with van der Waals surface area (Å²) in [5.41, 5.74) is 9.71. The molecule has 2 heterocycles. The number of halogens is 1. The Labute approximate surface area is 147 Å². The smallest absolute Gasteiger partial charge is 0.277 e. The third-order valence-corrected chi connectivity index (χ3v) is 4.95. The van der Waals surface area contributed by atoms with Crippen molar-refractivity contribution in [3.63, 3.8) is 0 Å². The Kier molecular flexibility index (Phi) is 5.79. The Morgan fingerprint density at radius 2 is 2.22 bits per heavy atom. The summed E-state index contributed by atoms with van der Waals surface area (Å²) in [4.78, 5) is 18.9. The van der Waals surface area contributed by atoms with Crippen LogP contribution < -0.4 is 10.6 Å². The maximum atomic E-state index is 12.7. The summed E-state index contributed by atoms with van der Waals surface area (Å²) in [6, 6.07) is 6.45. The zero-order chi connectivity index (χ0) is 15.7. The van der Waals surface area contributed by atoms with Gasteiger partial charge in [0, 0.05) is 24.2 Å². The summed E-state index contributed by atoms with van der Waals surface area (Å²) in [5, 5.41) is 2.61. The van der Waals surface area contributed by atoms with Gasteiger partial charge in [-0.05, 0) is 36.0 Å². The van der Waals surface area contributed by atoms with Gasteiger partial charge in [-0.2, -0.15) is 0 Å². The van der Waals surface area contributed by atoms with Crippen LogP contribution in [0.25, 0.3) is 0 Å². The molecule has 124 valence electrons. The second kappa shape index (κ2) is 7.43. The van der Waals surface area contributed by atoms with Crippen LogP contribution in [-0.2, 0) is 13.0 Å². The number of carbonyl (C=O) groups excluding carboxylic acids is 1. The van der Waals surface area contributed by atoms with Crippen molar-refractivity contribution in [2.45, 2.75) is 39.2 Å². The highest BCUT2D eigenvalue weighted by atomic mass is 35.5. The van der Waals surface area contributed by atoms with Gasteiger partial charge in [0.25, 0.3) is 5.91 Å². The van der Waals surface area contributed by atoms with Gasteiger partial charge in [-0.15, -0.1) is 23.7 Å². The quantitative estimate of drug-likeness (QED) is 0.916. The lowest BCUT2D eigenvalue weighted by atomic mass is 9.94. The van der Waals surface area contributed by atoms with Gasteiger partial charge < -0.3 is 10.6 Å². The third kappa shape index (κ3) is 3.57. The number of thiazole rings is 1. The predicted molar refractivity (Wildman–Crippen MR) is 97.8 cm³/mol. The van der Waals surface area contributed by atoms with Crippen LogP contribution in [0.3, 0.4) is 0 Å². The van der Waals surface area contributed by atoms with Crippen LogP contribution in [0.4, 0.5) is 5.69 Å². The molecule has 1 aromatic carbocycles. The second-order valence-electron chi connectivity index (χ2n) is 5.93. The molecule has 3 rings (SSSR count). The number of aromatic nitrogens is 1. The number of benzene rings is 1. The molecule has 1 aliphatic rings. The van der Waals surface area contributed by atoms with Gasteiger partial charge in [-0.1, -0.05) is 26.0 Å². The first-order chi connectivity index (χ1) is 10.6. The second-order valence-corrected chi connectivity index (χ2v) is 6.88. The molecule has 0 spiro atoms. The van der Waals surface area contributed by atoms with E-state index < -0.39 is 0 Å². The summed E-state index contributed by atoms with van der Waals surface area (Å²) < 4.78 is 0. The van der Waals surface area contributed by atoms with Crippen LogP contribution in [0.5, 0.6) is 0 Å². The molecule has 0 bridgehead atoms. The van der Waals surface area contributed by atoms with Crippen molar-refractivity contribution < 1.29 is 4.79 Å². The van der Waals surface area contributed by atoms with Crippen molar-refractivity contribution in [2.75, 3.05) is 11.4 Å². The summed E-state index contributed by atoms with van der Waals surface area (Å²) in [5.74, 6) is 0.483. The molecule has 6 heteroatoms. The number of carbonyl (C=O) groups is 1. The van der Waals surface area contributed by atoms with Crippen LogP contribution in [0.2, 0.25) is 0 Å². The molecule has 2 aromatic rings. The first-order valence-corrected chi connectivity index (χ1v) is 8.57. The van der Waals surface area contributed by atoms with Crippen LogP contribution in [0.15, 0.2) is 23.6 Å². The van der Waals surface area contributed by atoms with Crippen molar-refractivity contribution >= 4 is 35.3 Å². The molecule has 0 saturated carbocycles. The average molecular weight is 352 g/mol. The molecule has 0 atom stereocenters. The van der Waals surface area contributed by atoms with E-state index in [1.807, 2.05) is 4.90 Å². The van der Waals surface area contributed by atoms with Crippen LogP contribution in [0.1, 0.15) is 52.8 Å². The number of rotatable bonds is 3. The highest BCUT2D eigenvalue weighted by molar-refractivity contribution is 7.09. The van der Waals surface area contributed by atoms with E-state index >= 15 is 0 Å². The maximum Gasteiger partial charge on any atom is 0.277 e. The van der Waals surface area contributed by atoms with E-state index in [0.717, 1.165) is 30.1 Å². The zero-order valence-corrected chi connectivity index (χ0v) is 15.0. The van der Waals surface area contributed by atoms with E-state index in [1.165, 1.54) is 22.5 Å². The molecule has 0 aliphatic carbocycles. The third-order valence-electron chi connectivity index (χ3n) is 4.08. The number of amides is 1. The number of anilines is 1. The lowest BCUT2D eigenvalue weighted by Crippen LogP contribution is -2.35. The molecule has 4 nitrogen and oxygen atoms in total. The van der Waals surface area contributed by atoms with E-state index in [2.05, 4.69) is 37.0 Å². The fourth-order valence-corrected chi connectivity index (χ4v) is 3.48. The van der Waals surface area contributed by atoms with Gasteiger partial charge in [-0.25, -0.2) is 4.98 Å². The summed E-state index contributed by atoms with van der Waals surface area (Å²) >= 11 is 1.45. The highest BCUT2D eigenvalue weighted by Crippen LogP contribution is 2.31. The molecule has 0 radical (unpaired) electrons. The Morgan fingerprint density at radius 1 is 1.43 bits per heavy atom. The molecule has 2 N–H and O–H groups in total. The molecule has 0 saturated heterocycles. The monoisotopic (exact) mass is 351 g/mol. The number of fused-ring (bicyclic) bond motifs is 1. The fraction of sp³-hybridized carbons (Fsp3) is 0.412. The Balaban J connectivity index is 0.00000192. The summed E-state index contributed by atoms with van der Waals surface area (Å²) in [7, 11) is 0. The largest absolute Gasteiger partial charge is 0.325 e. The molecule has 0 fully saturated rings. The first kappa shape index (κ1) is 17.9. The fourth-order valence-electron chi connectivity index (χ4n) is 2.83. The Hall–Kier alpha value is -1.43. The minimum absolute atomic E-state index is 0. The minimum atomic E-state index is -0.0193. The molecule has 1 aliphatic heterocycles. The predicted octanol–water partition coefficient (Wildman–Crippen LogP) is 3.74. The summed E-state index contributed by atoms with van der Waals surface area (Å²) in [6.45, 7) is 5.52. The molecule has 23 heavy (non-hydrogen) atoms. The normalized spacial score (nSPS) is 13.7. The minimum Gasteiger partial charge on any atom is -0.325 e. The van der Waals surface area contributed by atoms with Crippen molar-refractivity contribution in [1.29, 1.82) is 0 Å². The summed E-state index contributed by atoms with van der Waals surface area (Å²) in [6.07, 6.45) is 2.03. The first-order valence-electron chi connectivity index (χ1n) is 7.69. The van der Waals surface area contributed by atoms with Gasteiger partial charge in [0.05, 0.1) is 0 Å². The lowest BCUT2D eigenvalue weighted by molar-refractivity contribution is 0.0981. The number of aryl methyl sites for hydroxylation is 1. The maximum absolute atomic E-state index is 12.7. The molecular formula is C17H22ClN3OS. The van der Waals surface area contributed by atoms with Gasteiger partial charge in [0.1, 0.15) is 10.7 Å². The molecular weight excluding hydrogens is 330 g/mol. The van der Waals surface area contributed by atoms with Crippen LogP contribution in [-0.4, -0.2) is 17.4 Å². The molecule has 1 amide bonds. The van der Waals surface area contributed by atoms with Gasteiger partial charge in [0.15, 0.2) is 0 Å². The van der Waals surface area contributed by atoms with Gasteiger partial charge in [0.2, 0.25) is 0 Å². The van der Waals surface area contributed by atoms with E-state index in [9.17, 15) is 4.79 Å². The van der Waals surface area contributed by atoms with Crippen molar-refractivity contribution in [1.82, 2.24) is 4.98 Å². The Bertz CT molecular complexity index is 699. The number of hydrogen-bond donors (Lipinski definition) is 1. The van der Waals surface area contributed by atoms with Crippen LogP contribution >= 0.6 is 23.7 Å².